The van der Waals surface area contributed by atoms with Crippen molar-refractivity contribution in [3.63, 3.8) is 0 Å². The van der Waals surface area contributed by atoms with Crippen molar-refractivity contribution in [1.82, 2.24) is 0 Å². The average molecular weight is 328 g/mol. The highest BCUT2D eigenvalue weighted by Crippen LogP contribution is 2.29. The molecular formula is C14H12BrClO2. The molecule has 0 fully saturated rings. The van der Waals surface area contributed by atoms with E-state index in [1.165, 1.54) is 0 Å². The van der Waals surface area contributed by atoms with Gasteiger partial charge in [-0.05, 0) is 41.5 Å². The summed E-state index contributed by atoms with van der Waals surface area (Å²) >= 11 is 9.31. The van der Waals surface area contributed by atoms with Crippen LogP contribution in [0.15, 0.2) is 46.9 Å². The topological polar surface area (TPSA) is 40.5 Å². The third kappa shape index (κ3) is 3.25. The standard InChI is InChI=1S/C14H12BrClO2/c15-13-5-4-10(16)8-12(13)14(18)7-9-2-1-3-11(17)6-9/h1-6,8,14,17-18H,7H2. The van der Waals surface area contributed by atoms with E-state index in [-0.39, 0.29) is 5.75 Å². The Hall–Kier alpha value is -1.03. The Morgan fingerprint density at radius 2 is 1.94 bits per heavy atom. The number of hydrogen-bond acceptors (Lipinski definition) is 2. The molecule has 2 aromatic carbocycles. The zero-order chi connectivity index (χ0) is 13.1. The Kier molecular flexibility index (Phi) is 4.27. The second-order valence-corrected chi connectivity index (χ2v) is 5.35. The molecule has 0 radical (unpaired) electrons. The number of aliphatic hydroxyl groups excluding tert-OH is 1. The number of benzene rings is 2. The van der Waals surface area contributed by atoms with E-state index in [0.717, 1.165) is 15.6 Å². The van der Waals surface area contributed by atoms with Gasteiger partial charge >= 0.3 is 0 Å². The smallest absolute Gasteiger partial charge is 0.115 e. The lowest BCUT2D eigenvalue weighted by molar-refractivity contribution is 0.177. The molecule has 18 heavy (non-hydrogen) atoms. The maximum atomic E-state index is 10.2. The van der Waals surface area contributed by atoms with Crippen molar-refractivity contribution in [1.29, 1.82) is 0 Å². The predicted octanol–water partition coefficient (Wildman–Crippen LogP) is 4.08. The van der Waals surface area contributed by atoms with Crippen LogP contribution in [0, 0.1) is 0 Å². The molecule has 0 aliphatic rings. The van der Waals surface area contributed by atoms with Crippen LogP contribution in [0.3, 0.4) is 0 Å². The van der Waals surface area contributed by atoms with Gasteiger partial charge in [-0.2, -0.15) is 0 Å². The van der Waals surface area contributed by atoms with E-state index >= 15 is 0 Å². The Balaban J connectivity index is 2.21. The average Bonchev–Trinajstić information content (AvgIpc) is 2.32. The fourth-order valence-electron chi connectivity index (χ4n) is 1.79. The molecule has 0 aliphatic heterocycles. The molecule has 2 N–H and O–H groups in total. The van der Waals surface area contributed by atoms with E-state index in [9.17, 15) is 10.2 Å². The molecular weight excluding hydrogens is 316 g/mol. The summed E-state index contributed by atoms with van der Waals surface area (Å²) in [6.45, 7) is 0. The van der Waals surface area contributed by atoms with Crippen molar-refractivity contribution in [2.24, 2.45) is 0 Å². The highest BCUT2D eigenvalue weighted by Gasteiger charge is 2.13. The van der Waals surface area contributed by atoms with Crippen LogP contribution in [0.2, 0.25) is 5.02 Å². The summed E-state index contributed by atoms with van der Waals surface area (Å²) < 4.78 is 0.819. The fraction of sp³-hybridized carbons (Fsp3) is 0.143. The van der Waals surface area contributed by atoms with Gasteiger partial charge in [-0.25, -0.2) is 0 Å². The van der Waals surface area contributed by atoms with Crippen molar-refractivity contribution < 1.29 is 10.2 Å². The number of aliphatic hydroxyl groups is 1. The molecule has 1 atom stereocenters. The highest BCUT2D eigenvalue weighted by molar-refractivity contribution is 9.10. The van der Waals surface area contributed by atoms with Crippen LogP contribution in [0.1, 0.15) is 17.2 Å². The normalized spacial score (nSPS) is 12.4. The monoisotopic (exact) mass is 326 g/mol. The van der Waals surface area contributed by atoms with E-state index in [0.29, 0.717) is 11.4 Å². The molecule has 94 valence electrons. The van der Waals surface area contributed by atoms with Gasteiger partial charge in [0, 0.05) is 15.9 Å². The largest absolute Gasteiger partial charge is 0.508 e. The summed E-state index contributed by atoms with van der Waals surface area (Å²) in [4.78, 5) is 0. The first-order valence-electron chi connectivity index (χ1n) is 5.47. The molecule has 0 aromatic heterocycles. The zero-order valence-electron chi connectivity index (χ0n) is 9.48. The summed E-state index contributed by atoms with van der Waals surface area (Å²) in [6, 6.07) is 12.2. The molecule has 4 heteroatoms. The lowest BCUT2D eigenvalue weighted by Gasteiger charge is -2.13. The molecule has 0 bridgehead atoms. The second-order valence-electron chi connectivity index (χ2n) is 4.06. The molecule has 2 rings (SSSR count). The van der Waals surface area contributed by atoms with Gasteiger partial charge in [0.05, 0.1) is 6.10 Å². The molecule has 0 amide bonds. The quantitative estimate of drug-likeness (QED) is 0.891. The lowest BCUT2D eigenvalue weighted by atomic mass is 10.0. The zero-order valence-corrected chi connectivity index (χ0v) is 11.8. The third-order valence-corrected chi connectivity index (χ3v) is 3.61. The summed E-state index contributed by atoms with van der Waals surface area (Å²) in [5.41, 5.74) is 1.61. The Labute approximate surface area is 119 Å². The summed E-state index contributed by atoms with van der Waals surface area (Å²) in [5, 5.41) is 20.2. The number of aromatic hydroxyl groups is 1. The third-order valence-electron chi connectivity index (χ3n) is 2.66. The molecule has 0 saturated carbocycles. The molecule has 0 aliphatic carbocycles. The van der Waals surface area contributed by atoms with Crippen molar-refractivity contribution in [3.8, 4) is 5.75 Å². The minimum Gasteiger partial charge on any atom is -0.508 e. The Bertz CT molecular complexity index is 557. The number of halogens is 2. The van der Waals surface area contributed by atoms with Gasteiger partial charge in [0.25, 0.3) is 0 Å². The first-order valence-corrected chi connectivity index (χ1v) is 6.64. The van der Waals surface area contributed by atoms with Crippen molar-refractivity contribution in [3.05, 3.63) is 63.1 Å². The molecule has 0 saturated heterocycles. The fourth-order valence-corrected chi connectivity index (χ4v) is 2.48. The van der Waals surface area contributed by atoms with Gasteiger partial charge in [-0.3, -0.25) is 0 Å². The number of hydrogen-bond donors (Lipinski definition) is 2. The minimum absolute atomic E-state index is 0.199. The summed E-state index contributed by atoms with van der Waals surface area (Å²) in [6.07, 6.45) is -0.243. The number of phenolic OH excluding ortho intramolecular Hbond substituents is 1. The van der Waals surface area contributed by atoms with Crippen LogP contribution in [-0.2, 0) is 6.42 Å². The van der Waals surface area contributed by atoms with Gasteiger partial charge in [-0.1, -0.05) is 39.7 Å². The van der Waals surface area contributed by atoms with Crippen LogP contribution >= 0.6 is 27.5 Å². The van der Waals surface area contributed by atoms with Gasteiger partial charge in [-0.15, -0.1) is 0 Å². The lowest BCUT2D eigenvalue weighted by Crippen LogP contribution is -2.02. The Morgan fingerprint density at radius 3 is 2.67 bits per heavy atom. The molecule has 0 spiro atoms. The second kappa shape index (κ2) is 5.74. The van der Waals surface area contributed by atoms with Crippen LogP contribution in [0.5, 0.6) is 5.75 Å². The van der Waals surface area contributed by atoms with Crippen LogP contribution in [-0.4, -0.2) is 10.2 Å². The van der Waals surface area contributed by atoms with Crippen molar-refractivity contribution in [2.75, 3.05) is 0 Å². The van der Waals surface area contributed by atoms with E-state index in [1.807, 2.05) is 12.1 Å². The van der Waals surface area contributed by atoms with Gasteiger partial charge < -0.3 is 10.2 Å². The molecule has 0 heterocycles. The highest BCUT2D eigenvalue weighted by atomic mass is 79.9. The minimum atomic E-state index is -0.667. The summed E-state index contributed by atoms with van der Waals surface area (Å²) in [7, 11) is 0. The first-order chi connectivity index (χ1) is 8.56. The van der Waals surface area contributed by atoms with Crippen molar-refractivity contribution in [2.45, 2.75) is 12.5 Å². The van der Waals surface area contributed by atoms with Crippen molar-refractivity contribution >= 4 is 27.5 Å². The molecule has 2 aromatic rings. The molecule has 2 nitrogen and oxygen atoms in total. The molecule has 1 unspecified atom stereocenters. The SMILES string of the molecule is Oc1cccc(CC(O)c2cc(Cl)ccc2Br)c1. The maximum Gasteiger partial charge on any atom is 0.115 e. The number of phenols is 1. The predicted molar refractivity (Wildman–Crippen MR) is 75.9 cm³/mol. The Morgan fingerprint density at radius 1 is 1.17 bits per heavy atom. The van der Waals surface area contributed by atoms with E-state index in [4.69, 9.17) is 11.6 Å². The van der Waals surface area contributed by atoms with Gasteiger partial charge in [0.2, 0.25) is 0 Å². The van der Waals surface area contributed by atoms with Gasteiger partial charge in [0.15, 0.2) is 0 Å². The maximum absolute atomic E-state index is 10.2. The van der Waals surface area contributed by atoms with Crippen LogP contribution in [0.4, 0.5) is 0 Å². The van der Waals surface area contributed by atoms with Gasteiger partial charge in [0.1, 0.15) is 5.75 Å². The van der Waals surface area contributed by atoms with Crippen LogP contribution < -0.4 is 0 Å². The van der Waals surface area contributed by atoms with E-state index in [2.05, 4.69) is 15.9 Å². The van der Waals surface area contributed by atoms with E-state index in [1.54, 1.807) is 30.3 Å². The van der Waals surface area contributed by atoms with E-state index < -0.39 is 6.10 Å². The number of rotatable bonds is 3. The summed E-state index contributed by atoms with van der Waals surface area (Å²) in [5.74, 6) is 0.199. The van der Waals surface area contributed by atoms with Crippen LogP contribution in [0.25, 0.3) is 0 Å². The first kappa shape index (κ1) is 13.4.